The molecule has 0 aliphatic carbocycles. The molecule has 0 atom stereocenters. The van der Waals surface area contributed by atoms with Crippen molar-refractivity contribution in [3.05, 3.63) is 80.5 Å². The van der Waals surface area contributed by atoms with Gasteiger partial charge in [-0.2, -0.15) is 18.3 Å². The van der Waals surface area contributed by atoms with Gasteiger partial charge in [-0.05, 0) is 55.3 Å². The number of amides is 1. The predicted molar refractivity (Wildman–Crippen MR) is 119 cm³/mol. The van der Waals surface area contributed by atoms with E-state index in [1.54, 1.807) is 43.3 Å². The predicted octanol–water partition coefficient (Wildman–Crippen LogP) is 6.03. The lowest BCUT2D eigenvalue weighted by Gasteiger charge is -2.10. The van der Waals surface area contributed by atoms with Gasteiger partial charge in [-0.3, -0.25) is 9.48 Å². The van der Waals surface area contributed by atoms with E-state index in [9.17, 15) is 18.0 Å². The Morgan fingerprint density at radius 3 is 2.53 bits per heavy atom. The van der Waals surface area contributed by atoms with E-state index < -0.39 is 11.9 Å². The fourth-order valence-electron chi connectivity index (χ4n) is 2.91. The molecule has 0 unspecified atom stereocenters. The van der Waals surface area contributed by atoms with Crippen LogP contribution >= 0.6 is 27.5 Å². The Balaban J connectivity index is 1.45. The number of ether oxygens (including phenoxy) is 1. The van der Waals surface area contributed by atoms with Crippen molar-refractivity contribution < 1.29 is 22.7 Å². The minimum Gasteiger partial charge on any atom is -0.487 e. The number of alkyl halides is 3. The number of aromatic nitrogens is 2. The van der Waals surface area contributed by atoms with Crippen LogP contribution in [-0.2, 0) is 19.3 Å². The van der Waals surface area contributed by atoms with Crippen LogP contribution in [0, 0.1) is 6.92 Å². The first-order valence-electron chi connectivity index (χ1n) is 9.70. The smallest absolute Gasteiger partial charge is 0.435 e. The molecule has 1 aromatic heterocycles. The van der Waals surface area contributed by atoms with Gasteiger partial charge < -0.3 is 10.1 Å². The highest BCUT2D eigenvalue weighted by atomic mass is 79.9. The molecule has 3 aromatic rings. The highest BCUT2D eigenvalue weighted by Gasteiger charge is 2.34. The van der Waals surface area contributed by atoms with Crippen LogP contribution < -0.4 is 10.1 Å². The van der Waals surface area contributed by atoms with E-state index in [2.05, 4.69) is 26.3 Å². The number of nitrogens with zero attached hydrogens (tertiary/aromatic N) is 2. The normalized spacial score (nSPS) is 11.4. The van der Waals surface area contributed by atoms with Gasteiger partial charge >= 0.3 is 6.18 Å². The average Bonchev–Trinajstić information content (AvgIpc) is 3.12. The third-order valence-electron chi connectivity index (χ3n) is 4.61. The monoisotopic (exact) mass is 529 g/mol. The Morgan fingerprint density at radius 1 is 1.19 bits per heavy atom. The van der Waals surface area contributed by atoms with Gasteiger partial charge in [-0.1, -0.05) is 39.7 Å². The summed E-state index contributed by atoms with van der Waals surface area (Å²) in [6, 6.07) is 13.3. The van der Waals surface area contributed by atoms with Gasteiger partial charge in [0.05, 0.1) is 5.02 Å². The van der Waals surface area contributed by atoms with E-state index in [0.29, 0.717) is 41.6 Å². The number of halogens is 5. The fraction of sp³-hybridized carbons (Fsp3) is 0.273. The summed E-state index contributed by atoms with van der Waals surface area (Å²) in [7, 11) is 0. The second-order valence-electron chi connectivity index (χ2n) is 7.06. The molecule has 32 heavy (non-hydrogen) atoms. The van der Waals surface area contributed by atoms with Crippen molar-refractivity contribution in [2.45, 2.75) is 32.7 Å². The van der Waals surface area contributed by atoms with E-state index in [-0.39, 0.29) is 12.5 Å². The molecule has 170 valence electrons. The third kappa shape index (κ3) is 6.49. The van der Waals surface area contributed by atoms with Gasteiger partial charge in [-0.15, -0.1) is 0 Å². The molecule has 3 rings (SSSR count). The number of carbonyl (C=O) groups is 1. The first kappa shape index (κ1) is 24.1. The van der Waals surface area contributed by atoms with Crippen molar-refractivity contribution in [1.29, 1.82) is 0 Å². The number of hydrogen-bond donors (Lipinski definition) is 1. The molecule has 0 spiro atoms. The highest BCUT2D eigenvalue weighted by Crippen LogP contribution is 2.29. The maximum Gasteiger partial charge on any atom is 0.435 e. The molecule has 0 aliphatic heterocycles. The molecule has 0 fully saturated rings. The Bertz CT molecular complexity index is 1090. The lowest BCUT2D eigenvalue weighted by molar-refractivity contribution is -0.141. The van der Waals surface area contributed by atoms with Gasteiger partial charge in [0.25, 0.3) is 5.91 Å². The molecular weight excluding hydrogens is 511 g/mol. The van der Waals surface area contributed by atoms with Gasteiger partial charge in [0.1, 0.15) is 12.4 Å². The summed E-state index contributed by atoms with van der Waals surface area (Å²) < 4.78 is 46.0. The van der Waals surface area contributed by atoms with Gasteiger partial charge in [-0.25, -0.2) is 0 Å². The summed E-state index contributed by atoms with van der Waals surface area (Å²) in [6.45, 7) is 2.45. The van der Waals surface area contributed by atoms with E-state index >= 15 is 0 Å². The average molecular weight is 531 g/mol. The molecule has 0 saturated heterocycles. The highest BCUT2D eigenvalue weighted by molar-refractivity contribution is 9.10. The van der Waals surface area contributed by atoms with Crippen molar-refractivity contribution in [1.82, 2.24) is 15.1 Å². The number of nitrogens with one attached hydrogen (secondary N) is 1. The maximum atomic E-state index is 12.7. The third-order valence-corrected chi connectivity index (χ3v) is 5.40. The molecule has 1 heterocycles. The molecule has 0 saturated carbocycles. The van der Waals surface area contributed by atoms with Crippen LogP contribution in [0.15, 0.2) is 53.0 Å². The summed E-state index contributed by atoms with van der Waals surface area (Å²) in [5, 5.41) is 6.83. The van der Waals surface area contributed by atoms with Gasteiger partial charge in [0.2, 0.25) is 0 Å². The number of carbonyl (C=O) groups excluding carboxylic acids is 1. The second kappa shape index (κ2) is 10.4. The van der Waals surface area contributed by atoms with Crippen molar-refractivity contribution in [2.24, 2.45) is 0 Å². The summed E-state index contributed by atoms with van der Waals surface area (Å²) in [5.74, 6) is 0.299. The van der Waals surface area contributed by atoms with Crippen LogP contribution in [0.1, 0.15) is 33.7 Å². The fourth-order valence-corrected chi connectivity index (χ4v) is 3.64. The Kier molecular flexibility index (Phi) is 7.84. The zero-order valence-corrected chi connectivity index (χ0v) is 19.4. The number of rotatable bonds is 8. The zero-order chi connectivity index (χ0) is 23.3. The molecule has 10 heteroatoms. The Morgan fingerprint density at radius 2 is 1.91 bits per heavy atom. The minimum absolute atomic E-state index is 0.262. The maximum absolute atomic E-state index is 12.7. The lowest BCUT2D eigenvalue weighted by atomic mass is 10.1. The largest absolute Gasteiger partial charge is 0.487 e. The van der Waals surface area contributed by atoms with Crippen LogP contribution in [0.3, 0.4) is 0 Å². The van der Waals surface area contributed by atoms with Crippen LogP contribution in [0.25, 0.3) is 0 Å². The molecule has 5 nitrogen and oxygen atoms in total. The molecule has 0 aliphatic rings. The Labute approximate surface area is 196 Å². The number of benzene rings is 2. The molecule has 2 aromatic carbocycles. The molecular formula is C22H20BrClF3N3O2. The summed E-state index contributed by atoms with van der Waals surface area (Å²) in [5.41, 5.74) is 0.858. The van der Waals surface area contributed by atoms with Crippen LogP contribution in [0.2, 0.25) is 5.02 Å². The van der Waals surface area contributed by atoms with Crippen LogP contribution in [-0.4, -0.2) is 22.2 Å². The van der Waals surface area contributed by atoms with E-state index in [4.69, 9.17) is 16.3 Å². The molecule has 0 bridgehead atoms. The van der Waals surface area contributed by atoms with Crippen LogP contribution in [0.4, 0.5) is 13.2 Å². The minimum atomic E-state index is -4.47. The zero-order valence-electron chi connectivity index (χ0n) is 17.0. The van der Waals surface area contributed by atoms with E-state index in [0.717, 1.165) is 16.1 Å². The van der Waals surface area contributed by atoms with E-state index in [1.807, 2.05) is 6.07 Å². The molecule has 1 amide bonds. The summed E-state index contributed by atoms with van der Waals surface area (Å²) in [6.07, 6.45) is -4.02. The number of hydrogen-bond acceptors (Lipinski definition) is 3. The first-order valence-corrected chi connectivity index (χ1v) is 10.9. The van der Waals surface area contributed by atoms with Crippen molar-refractivity contribution in [3.63, 3.8) is 0 Å². The van der Waals surface area contributed by atoms with Crippen LogP contribution in [0.5, 0.6) is 5.75 Å². The number of aryl methyl sites for hydroxylation is 2. The van der Waals surface area contributed by atoms with Crippen molar-refractivity contribution >= 4 is 33.4 Å². The molecule has 0 radical (unpaired) electrons. The summed E-state index contributed by atoms with van der Waals surface area (Å²) >= 11 is 9.46. The topological polar surface area (TPSA) is 56.2 Å². The first-order chi connectivity index (χ1) is 15.1. The van der Waals surface area contributed by atoms with E-state index in [1.165, 1.54) is 4.68 Å². The standard InChI is InChI=1S/C22H20BrClF3N3O2/c1-14-11-20(22(25,26)27)29-30(14)10-2-9-28-21(31)16-5-3-15(4-6-16)13-32-19-8-7-17(23)12-18(19)24/h3-8,11-12H,2,9-10,13H2,1H3,(H,28,31). The van der Waals surface area contributed by atoms with Gasteiger partial charge in [0, 0.05) is 28.8 Å². The Hall–Kier alpha value is -2.52. The summed E-state index contributed by atoms with van der Waals surface area (Å²) in [4.78, 5) is 12.3. The van der Waals surface area contributed by atoms with Crippen molar-refractivity contribution in [2.75, 3.05) is 6.54 Å². The van der Waals surface area contributed by atoms with Crippen molar-refractivity contribution in [3.8, 4) is 5.75 Å². The quantitative estimate of drug-likeness (QED) is 0.362. The molecule has 1 N–H and O–H groups in total. The van der Waals surface area contributed by atoms with Gasteiger partial charge in [0.15, 0.2) is 5.69 Å². The second-order valence-corrected chi connectivity index (χ2v) is 8.38. The lowest BCUT2D eigenvalue weighted by Crippen LogP contribution is -2.25. The SMILES string of the molecule is Cc1cc(C(F)(F)F)nn1CCCNC(=O)c1ccc(COc2ccc(Br)cc2Cl)cc1.